The van der Waals surface area contributed by atoms with E-state index in [9.17, 15) is 4.79 Å². The fraction of sp³-hybridized carbons (Fsp3) is 0.333. The van der Waals surface area contributed by atoms with Gasteiger partial charge in [0, 0.05) is 0 Å². The van der Waals surface area contributed by atoms with Gasteiger partial charge in [0.15, 0.2) is 0 Å². The third kappa shape index (κ3) is 3.35. The average molecular weight is 259 g/mol. The lowest BCUT2D eigenvalue weighted by atomic mass is 10.00. The van der Waals surface area contributed by atoms with Crippen LogP contribution in [0.2, 0.25) is 0 Å². The first kappa shape index (κ1) is 14.8. The molecule has 1 aromatic rings. The third-order valence-electron chi connectivity index (χ3n) is 2.79. The zero-order valence-corrected chi connectivity index (χ0v) is 11.6. The zero-order valence-electron chi connectivity index (χ0n) is 11.6. The van der Waals surface area contributed by atoms with Gasteiger partial charge in [0.2, 0.25) is 0 Å². The fourth-order valence-electron chi connectivity index (χ4n) is 1.74. The van der Waals surface area contributed by atoms with E-state index in [4.69, 9.17) is 14.7 Å². The number of carbonyl (C=O) groups excluding carboxylic acids is 1. The van der Waals surface area contributed by atoms with Crippen LogP contribution in [0, 0.1) is 18.3 Å². The molecule has 0 spiro atoms. The second-order valence-corrected chi connectivity index (χ2v) is 4.02. The van der Waals surface area contributed by atoms with Crippen LogP contribution in [0.25, 0.3) is 5.57 Å². The van der Waals surface area contributed by atoms with Crippen molar-refractivity contribution in [2.45, 2.75) is 20.8 Å². The second-order valence-electron chi connectivity index (χ2n) is 4.02. The predicted octanol–water partition coefficient (Wildman–Crippen LogP) is 2.86. The molecular weight excluding hydrogens is 242 g/mol. The molecule has 0 N–H and O–H groups in total. The Balaban J connectivity index is 3.23. The van der Waals surface area contributed by atoms with E-state index in [1.165, 1.54) is 0 Å². The highest BCUT2D eigenvalue weighted by Gasteiger charge is 2.15. The van der Waals surface area contributed by atoms with Crippen molar-refractivity contribution in [2.24, 2.45) is 0 Å². The Morgan fingerprint density at radius 3 is 2.58 bits per heavy atom. The summed E-state index contributed by atoms with van der Waals surface area (Å²) in [5, 5.41) is 9.09. The SMILES string of the molecule is CCOC(=O)/C(C#N)=C(/C)c1ccc(OC)c(C)c1. The van der Waals surface area contributed by atoms with E-state index in [-0.39, 0.29) is 12.2 Å². The van der Waals surface area contributed by atoms with Crippen molar-refractivity contribution >= 4 is 11.5 Å². The van der Waals surface area contributed by atoms with Crippen molar-refractivity contribution in [3.63, 3.8) is 0 Å². The molecule has 0 aliphatic rings. The number of aryl methyl sites for hydroxylation is 1. The zero-order chi connectivity index (χ0) is 14.4. The van der Waals surface area contributed by atoms with Gasteiger partial charge in [-0.1, -0.05) is 6.07 Å². The van der Waals surface area contributed by atoms with Crippen molar-refractivity contribution in [3.05, 3.63) is 34.9 Å². The molecule has 0 atom stereocenters. The number of esters is 1. The van der Waals surface area contributed by atoms with Crippen LogP contribution in [0.3, 0.4) is 0 Å². The highest BCUT2D eigenvalue weighted by molar-refractivity contribution is 6.01. The number of carbonyl (C=O) groups is 1. The first-order chi connectivity index (χ1) is 9.04. The molecule has 0 aromatic heterocycles. The summed E-state index contributed by atoms with van der Waals surface area (Å²) in [7, 11) is 1.60. The van der Waals surface area contributed by atoms with Crippen LogP contribution in [0.5, 0.6) is 5.75 Å². The van der Waals surface area contributed by atoms with Gasteiger partial charge in [-0.05, 0) is 49.6 Å². The third-order valence-corrected chi connectivity index (χ3v) is 2.79. The van der Waals surface area contributed by atoms with E-state index in [0.29, 0.717) is 5.57 Å². The Morgan fingerprint density at radius 1 is 1.42 bits per heavy atom. The molecule has 1 rings (SSSR count). The van der Waals surface area contributed by atoms with E-state index >= 15 is 0 Å². The Hall–Kier alpha value is -2.28. The molecule has 4 heteroatoms. The standard InChI is InChI=1S/C15H17NO3/c1-5-19-15(17)13(9-16)11(3)12-6-7-14(18-4)10(2)8-12/h6-8H,5H2,1-4H3/b13-11-. The quantitative estimate of drug-likeness (QED) is 0.474. The molecule has 0 bridgehead atoms. The van der Waals surface area contributed by atoms with Gasteiger partial charge in [-0.25, -0.2) is 4.79 Å². The molecule has 0 saturated carbocycles. The van der Waals surface area contributed by atoms with E-state index in [2.05, 4.69) is 0 Å². The van der Waals surface area contributed by atoms with Gasteiger partial charge >= 0.3 is 5.97 Å². The van der Waals surface area contributed by atoms with Crippen LogP contribution in [-0.2, 0) is 9.53 Å². The van der Waals surface area contributed by atoms with Gasteiger partial charge in [0.05, 0.1) is 13.7 Å². The minimum atomic E-state index is -0.587. The van der Waals surface area contributed by atoms with E-state index < -0.39 is 5.97 Å². The molecule has 0 saturated heterocycles. The van der Waals surface area contributed by atoms with Crippen molar-refractivity contribution < 1.29 is 14.3 Å². The molecule has 0 unspecified atom stereocenters. The highest BCUT2D eigenvalue weighted by atomic mass is 16.5. The monoisotopic (exact) mass is 259 g/mol. The Labute approximate surface area is 113 Å². The summed E-state index contributed by atoms with van der Waals surface area (Å²) in [4.78, 5) is 11.7. The van der Waals surface area contributed by atoms with Gasteiger partial charge in [-0.3, -0.25) is 0 Å². The molecule has 100 valence electrons. The lowest BCUT2D eigenvalue weighted by Gasteiger charge is -2.09. The smallest absolute Gasteiger partial charge is 0.349 e. The normalized spacial score (nSPS) is 11.3. The maximum Gasteiger partial charge on any atom is 0.349 e. The summed E-state index contributed by atoms with van der Waals surface area (Å²) < 4.78 is 10.0. The summed E-state index contributed by atoms with van der Waals surface area (Å²) in [6, 6.07) is 7.42. The maximum atomic E-state index is 11.7. The number of nitrogens with zero attached hydrogens (tertiary/aromatic N) is 1. The number of hydrogen-bond acceptors (Lipinski definition) is 4. The molecule has 0 aliphatic heterocycles. The maximum absolute atomic E-state index is 11.7. The molecule has 19 heavy (non-hydrogen) atoms. The van der Waals surface area contributed by atoms with Crippen molar-refractivity contribution in [1.82, 2.24) is 0 Å². The summed E-state index contributed by atoms with van der Waals surface area (Å²) in [6.45, 7) is 5.60. The van der Waals surface area contributed by atoms with E-state index in [1.54, 1.807) is 21.0 Å². The minimum Gasteiger partial charge on any atom is -0.496 e. The number of rotatable bonds is 4. The Bertz CT molecular complexity index is 553. The number of benzene rings is 1. The summed E-state index contributed by atoms with van der Waals surface area (Å²) in [5.41, 5.74) is 2.39. The van der Waals surface area contributed by atoms with Gasteiger partial charge in [0.1, 0.15) is 17.4 Å². The van der Waals surface area contributed by atoms with Crippen LogP contribution < -0.4 is 4.74 Å². The van der Waals surface area contributed by atoms with Crippen LogP contribution in [0.4, 0.5) is 0 Å². The molecule has 4 nitrogen and oxygen atoms in total. The summed E-state index contributed by atoms with van der Waals surface area (Å²) >= 11 is 0. The Kier molecular flexibility index (Phi) is 5.13. The van der Waals surface area contributed by atoms with Crippen LogP contribution in [0.1, 0.15) is 25.0 Å². The van der Waals surface area contributed by atoms with Crippen LogP contribution in [-0.4, -0.2) is 19.7 Å². The fourth-order valence-corrected chi connectivity index (χ4v) is 1.74. The topological polar surface area (TPSA) is 59.3 Å². The molecule has 1 aromatic carbocycles. The predicted molar refractivity (Wildman–Crippen MR) is 72.6 cm³/mol. The largest absolute Gasteiger partial charge is 0.496 e. The van der Waals surface area contributed by atoms with Gasteiger partial charge in [-0.2, -0.15) is 5.26 Å². The summed E-state index contributed by atoms with van der Waals surface area (Å²) in [5.74, 6) is 0.183. The minimum absolute atomic E-state index is 0.0337. The molecule has 0 radical (unpaired) electrons. The highest BCUT2D eigenvalue weighted by Crippen LogP contribution is 2.25. The van der Waals surface area contributed by atoms with Gasteiger partial charge < -0.3 is 9.47 Å². The molecule has 0 aliphatic carbocycles. The van der Waals surface area contributed by atoms with Crippen LogP contribution in [0.15, 0.2) is 23.8 Å². The number of allylic oxidation sites excluding steroid dienone is 1. The average Bonchev–Trinajstić information content (AvgIpc) is 2.39. The number of hydrogen-bond donors (Lipinski definition) is 0. The number of ether oxygens (including phenoxy) is 2. The van der Waals surface area contributed by atoms with Gasteiger partial charge in [0.25, 0.3) is 0 Å². The molecular formula is C15H17NO3. The van der Waals surface area contributed by atoms with Gasteiger partial charge in [-0.15, -0.1) is 0 Å². The van der Waals surface area contributed by atoms with E-state index in [0.717, 1.165) is 16.9 Å². The van der Waals surface area contributed by atoms with Crippen molar-refractivity contribution in [2.75, 3.05) is 13.7 Å². The van der Waals surface area contributed by atoms with E-state index in [1.807, 2.05) is 31.2 Å². The van der Waals surface area contributed by atoms with Crippen molar-refractivity contribution in [3.8, 4) is 11.8 Å². The summed E-state index contributed by atoms with van der Waals surface area (Å²) in [6.07, 6.45) is 0. The van der Waals surface area contributed by atoms with Crippen molar-refractivity contribution in [1.29, 1.82) is 5.26 Å². The first-order valence-corrected chi connectivity index (χ1v) is 5.98. The number of methoxy groups -OCH3 is 1. The lowest BCUT2D eigenvalue weighted by Crippen LogP contribution is -2.08. The Morgan fingerprint density at radius 2 is 2.11 bits per heavy atom. The molecule has 0 heterocycles. The lowest BCUT2D eigenvalue weighted by molar-refractivity contribution is -0.137. The number of nitriles is 1. The second kappa shape index (κ2) is 6.60. The van der Waals surface area contributed by atoms with Crippen LogP contribution >= 0.6 is 0 Å². The molecule has 0 amide bonds. The molecule has 0 fully saturated rings. The first-order valence-electron chi connectivity index (χ1n) is 5.98.